The lowest BCUT2D eigenvalue weighted by Gasteiger charge is -2.22. The van der Waals surface area contributed by atoms with Crippen LogP contribution in [0.1, 0.15) is 38.9 Å². The minimum Gasteiger partial charge on any atom is -0.359 e. The zero-order chi connectivity index (χ0) is 13.4. The van der Waals surface area contributed by atoms with Crippen LogP contribution in [0.4, 0.5) is 5.69 Å². The first kappa shape index (κ1) is 14.5. The summed E-state index contributed by atoms with van der Waals surface area (Å²) >= 11 is 0. The first-order chi connectivity index (χ1) is 8.72. The fourth-order valence-electron chi connectivity index (χ4n) is 1.93. The Balaban J connectivity index is 2.77. The van der Waals surface area contributed by atoms with Crippen molar-refractivity contribution in [3.05, 3.63) is 24.0 Å². The number of nitrogens with one attached hydrogen (secondary N) is 1. The Morgan fingerprint density at radius 3 is 2.72 bits per heavy atom. The summed E-state index contributed by atoms with van der Waals surface area (Å²) in [6.45, 7) is 8.92. The molecule has 0 aromatic carbocycles. The van der Waals surface area contributed by atoms with Crippen molar-refractivity contribution < 1.29 is 0 Å². The summed E-state index contributed by atoms with van der Waals surface area (Å²) in [4.78, 5) is 6.69. The van der Waals surface area contributed by atoms with Gasteiger partial charge < -0.3 is 10.2 Å². The third kappa shape index (κ3) is 4.05. The van der Waals surface area contributed by atoms with Gasteiger partial charge in [-0.3, -0.25) is 4.98 Å². The molecule has 0 saturated heterocycles. The molecule has 98 valence electrons. The molecule has 1 atom stereocenters. The van der Waals surface area contributed by atoms with Gasteiger partial charge >= 0.3 is 0 Å². The second kappa shape index (κ2) is 7.73. The summed E-state index contributed by atoms with van der Waals surface area (Å²) in [7, 11) is 0. The summed E-state index contributed by atoms with van der Waals surface area (Å²) in [5.41, 5.74) is 2.17. The molecule has 0 saturated carbocycles. The standard InChI is InChI=1S/C15H23N3/c1-5-10-18(11-6-2)14-8-9-15(17-12-14)13(4)16-7-3/h1,8-9,12-13,16H,6-7,10-11H2,2-4H3. The monoisotopic (exact) mass is 245 g/mol. The lowest BCUT2D eigenvalue weighted by molar-refractivity contribution is 0.583. The highest BCUT2D eigenvalue weighted by Crippen LogP contribution is 2.16. The molecule has 0 aliphatic carbocycles. The predicted molar refractivity (Wildman–Crippen MR) is 77.7 cm³/mol. The van der Waals surface area contributed by atoms with Crippen LogP contribution in [0.3, 0.4) is 0 Å². The van der Waals surface area contributed by atoms with Gasteiger partial charge in [0.15, 0.2) is 0 Å². The molecule has 18 heavy (non-hydrogen) atoms. The topological polar surface area (TPSA) is 28.2 Å². The predicted octanol–water partition coefficient (Wildman–Crippen LogP) is 2.60. The van der Waals surface area contributed by atoms with Gasteiger partial charge in [0.1, 0.15) is 0 Å². The molecule has 0 aliphatic heterocycles. The van der Waals surface area contributed by atoms with Crippen molar-refractivity contribution in [3.63, 3.8) is 0 Å². The molecule has 0 spiro atoms. The second-order valence-corrected chi connectivity index (χ2v) is 4.35. The van der Waals surface area contributed by atoms with Crippen LogP contribution < -0.4 is 10.2 Å². The second-order valence-electron chi connectivity index (χ2n) is 4.35. The van der Waals surface area contributed by atoms with Crippen molar-refractivity contribution in [3.8, 4) is 12.3 Å². The van der Waals surface area contributed by atoms with Gasteiger partial charge in [0.2, 0.25) is 0 Å². The van der Waals surface area contributed by atoms with Gasteiger partial charge in [0, 0.05) is 12.6 Å². The molecular weight excluding hydrogens is 222 g/mol. The molecule has 0 bridgehead atoms. The van der Waals surface area contributed by atoms with Gasteiger partial charge in [-0.1, -0.05) is 19.8 Å². The number of rotatable bonds is 7. The first-order valence-corrected chi connectivity index (χ1v) is 6.60. The highest BCUT2D eigenvalue weighted by molar-refractivity contribution is 5.46. The zero-order valence-corrected chi connectivity index (χ0v) is 11.6. The smallest absolute Gasteiger partial charge is 0.0792 e. The van der Waals surface area contributed by atoms with Crippen LogP contribution in [-0.4, -0.2) is 24.6 Å². The van der Waals surface area contributed by atoms with E-state index in [0.29, 0.717) is 6.54 Å². The maximum Gasteiger partial charge on any atom is 0.0792 e. The Hall–Kier alpha value is -1.53. The van der Waals surface area contributed by atoms with E-state index in [1.165, 1.54) is 0 Å². The minimum absolute atomic E-state index is 0.288. The lowest BCUT2D eigenvalue weighted by Crippen LogP contribution is -2.25. The van der Waals surface area contributed by atoms with Crippen LogP contribution in [0.15, 0.2) is 18.3 Å². The number of anilines is 1. The maximum absolute atomic E-state index is 5.39. The number of hydrogen-bond donors (Lipinski definition) is 1. The van der Waals surface area contributed by atoms with Crippen LogP contribution in [0.2, 0.25) is 0 Å². The molecule has 1 aromatic rings. The van der Waals surface area contributed by atoms with E-state index in [9.17, 15) is 0 Å². The average Bonchev–Trinajstić information content (AvgIpc) is 2.39. The summed E-state index contributed by atoms with van der Waals surface area (Å²) in [6.07, 6.45) is 8.39. The van der Waals surface area contributed by atoms with Crippen LogP contribution >= 0.6 is 0 Å². The number of aromatic nitrogens is 1. The third-order valence-corrected chi connectivity index (χ3v) is 2.87. The molecule has 1 N–H and O–H groups in total. The molecular formula is C15H23N3. The van der Waals surface area contributed by atoms with Gasteiger partial charge in [-0.05, 0) is 32.0 Å². The molecule has 1 aromatic heterocycles. The molecule has 0 amide bonds. The summed E-state index contributed by atoms with van der Waals surface area (Å²) < 4.78 is 0. The van der Waals surface area contributed by atoms with Gasteiger partial charge in [0.25, 0.3) is 0 Å². The molecule has 1 heterocycles. The zero-order valence-electron chi connectivity index (χ0n) is 11.6. The van der Waals surface area contributed by atoms with Crippen LogP contribution in [0.25, 0.3) is 0 Å². The van der Waals surface area contributed by atoms with Crippen LogP contribution in [-0.2, 0) is 0 Å². The van der Waals surface area contributed by atoms with E-state index in [-0.39, 0.29) is 6.04 Å². The van der Waals surface area contributed by atoms with Crippen molar-refractivity contribution in [2.75, 3.05) is 24.5 Å². The number of terminal acetylenes is 1. The molecule has 1 rings (SSSR count). The van der Waals surface area contributed by atoms with Crippen molar-refractivity contribution in [1.29, 1.82) is 0 Å². The fourth-order valence-corrected chi connectivity index (χ4v) is 1.93. The van der Waals surface area contributed by atoms with E-state index in [4.69, 9.17) is 6.42 Å². The highest BCUT2D eigenvalue weighted by atomic mass is 15.1. The van der Waals surface area contributed by atoms with Crippen LogP contribution in [0, 0.1) is 12.3 Å². The molecule has 0 radical (unpaired) electrons. The normalized spacial score (nSPS) is 11.9. The molecule has 0 aliphatic rings. The average molecular weight is 245 g/mol. The van der Waals surface area contributed by atoms with Gasteiger partial charge in [-0.2, -0.15) is 0 Å². The van der Waals surface area contributed by atoms with Crippen molar-refractivity contribution in [2.24, 2.45) is 0 Å². The lowest BCUT2D eigenvalue weighted by atomic mass is 10.2. The Bertz CT molecular complexity index is 378. The quantitative estimate of drug-likeness (QED) is 0.748. The van der Waals surface area contributed by atoms with Crippen molar-refractivity contribution in [1.82, 2.24) is 10.3 Å². The number of nitrogens with zero attached hydrogens (tertiary/aromatic N) is 2. The Kier molecular flexibility index (Phi) is 6.24. The SMILES string of the molecule is C#CCN(CCC)c1ccc(C(C)NCC)nc1. The third-order valence-electron chi connectivity index (χ3n) is 2.87. The Morgan fingerprint density at radius 1 is 1.44 bits per heavy atom. The fraction of sp³-hybridized carbons (Fsp3) is 0.533. The van der Waals surface area contributed by atoms with Crippen molar-refractivity contribution in [2.45, 2.75) is 33.2 Å². The molecule has 3 heteroatoms. The van der Waals surface area contributed by atoms with Gasteiger partial charge in [0.05, 0.1) is 24.1 Å². The summed E-state index contributed by atoms with van der Waals surface area (Å²) in [5.74, 6) is 2.69. The molecule has 1 unspecified atom stereocenters. The molecule has 3 nitrogen and oxygen atoms in total. The Labute approximate surface area is 111 Å². The largest absolute Gasteiger partial charge is 0.359 e. The highest BCUT2D eigenvalue weighted by Gasteiger charge is 2.08. The van der Waals surface area contributed by atoms with Crippen molar-refractivity contribution >= 4 is 5.69 Å². The summed E-state index contributed by atoms with van der Waals surface area (Å²) in [5, 5.41) is 3.35. The van der Waals surface area contributed by atoms with Gasteiger partial charge in [-0.25, -0.2) is 0 Å². The van der Waals surface area contributed by atoms with E-state index in [1.807, 2.05) is 6.20 Å². The Morgan fingerprint density at radius 2 is 2.22 bits per heavy atom. The summed E-state index contributed by atoms with van der Waals surface area (Å²) in [6, 6.07) is 4.46. The number of pyridine rings is 1. The molecule has 0 fully saturated rings. The van der Waals surface area contributed by atoms with Crippen LogP contribution in [0.5, 0.6) is 0 Å². The maximum atomic E-state index is 5.39. The number of hydrogen-bond acceptors (Lipinski definition) is 3. The van der Waals surface area contributed by atoms with E-state index >= 15 is 0 Å². The van der Waals surface area contributed by atoms with E-state index in [1.54, 1.807) is 0 Å². The van der Waals surface area contributed by atoms with Gasteiger partial charge in [-0.15, -0.1) is 6.42 Å². The van der Waals surface area contributed by atoms with E-state index < -0.39 is 0 Å². The van der Waals surface area contributed by atoms with E-state index in [0.717, 1.165) is 30.9 Å². The minimum atomic E-state index is 0.288. The first-order valence-electron chi connectivity index (χ1n) is 6.60. The van der Waals surface area contributed by atoms with E-state index in [2.05, 4.69) is 54.0 Å².